The summed E-state index contributed by atoms with van der Waals surface area (Å²) in [6.45, 7) is 1.83. The lowest BCUT2D eigenvalue weighted by Crippen LogP contribution is -2.44. The van der Waals surface area contributed by atoms with E-state index in [1.807, 2.05) is 0 Å². The van der Waals surface area contributed by atoms with Crippen LogP contribution in [0.5, 0.6) is 0 Å². The van der Waals surface area contributed by atoms with Crippen molar-refractivity contribution in [1.82, 2.24) is 10.6 Å². The fourth-order valence-corrected chi connectivity index (χ4v) is 3.04. The van der Waals surface area contributed by atoms with E-state index >= 15 is 0 Å². The monoisotopic (exact) mass is 254 g/mol. The number of aliphatic hydroxyl groups is 1. The smallest absolute Gasteiger partial charge is 0.220 e. The Balaban J connectivity index is 1.59. The van der Waals surface area contributed by atoms with Crippen molar-refractivity contribution in [2.45, 2.75) is 57.0 Å². The molecule has 4 heteroatoms. The second kappa shape index (κ2) is 6.53. The molecule has 0 aromatic carbocycles. The Morgan fingerprint density at radius 1 is 1.33 bits per heavy atom. The van der Waals surface area contributed by atoms with Gasteiger partial charge in [0.05, 0.1) is 5.60 Å². The number of carbonyl (C=O) groups excluding carboxylic acids is 1. The minimum atomic E-state index is -0.722. The van der Waals surface area contributed by atoms with Crippen molar-refractivity contribution in [2.75, 3.05) is 19.6 Å². The Kier molecular flexibility index (Phi) is 5.01. The van der Waals surface area contributed by atoms with Crippen LogP contribution in [0, 0.1) is 5.92 Å². The number of carbonyl (C=O) groups is 1. The highest BCUT2D eigenvalue weighted by Crippen LogP contribution is 2.27. The highest BCUT2D eigenvalue weighted by molar-refractivity contribution is 5.75. The highest BCUT2D eigenvalue weighted by atomic mass is 16.3. The molecular formula is C14H26N2O2. The molecule has 0 radical (unpaired) electrons. The summed E-state index contributed by atoms with van der Waals surface area (Å²) in [6, 6.07) is 0. The minimum absolute atomic E-state index is 0.0981. The number of nitrogens with one attached hydrogen (secondary N) is 2. The number of hydrogen-bond donors (Lipinski definition) is 3. The summed E-state index contributed by atoms with van der Waals surface area (Å²) in [6.07, 6.45) is 8.98. The van der Waals surface area contributed by atoms with E-state index in [4.69, 9.17) is 0 Å². The third-order valence-electron chi connectivity index (χ3n) is 4.34. The van der Waals surface area contributed by atoms with Crippen LogP contribution < -0.4 is 10.6 Å². The Bertz CT molecular complexity index is 269. The van der Waals surface area contributed by atoms with Gasteiger partial charge < -0.3 is 15.7 Å². The largest absolute Gasteiger partial charge is 0.387 e. The summed E-state index contributed by atoms with van der Waals surface area (Å²) in [5.74, 6) is 0.849. The molecular weight excluding hydrogens is 228 g/mol. The molecule has 0 bridgehead atoms. The van der Waals surface area contributed by atoms with Gasteiger partial charge in [0.1, 0.15) is 0 Å². The maximum atomic E-state index is 11.7. The first-order chi connectivity index (χ1) is 8.68. The molecule has 1 amide bonds. The molecule has 2 rings (SSSR count). The summed E-state index contributed by atoms with van der Waals surface area (Å²) >= 11 is 0. The lowest BCUT2D eigenvalue weighted by Gasteiger charge is -2.23. The molecule has 1 heterocycles. The molecule has 4 nitrogen and oxygen atoms in total. The third-order valence-corrected chi connectivity index (χ3v) is 4.34. The summed E-state index contributed by atoms with van der Waals surface area (Å²) in [7, 11) is 0. The van der Waals surface area contributed by atoms with Gasteiger partial charge in [0.15, 0.2) is 0 Å². The summed E-state index contributed by atoms with van der Waals surface area (Å²) in [5, 5.41) is 16.1. The molecule has 0 aromatic rings. The topological polar surface area (TPSA) is 61.4 Å². The average molecular weight is 254 g/mol. The van der Waals surface area contributed by atoms with Crippen molar-refractivity contribution in [1.29, 1.82) is 0 Å². The molecule has 1 unspecified atom stereocenters. The number of hydrogen-bond acceptors (Lipinski definition) is 3. The van der Waals surface area contributed by atoms with Gasteiger partial charge in [-0.3, -0.25) is 4.79 Å². The third kappa shape index (κ3) is 4.25. The van der Waals surface area contributed by atoms with E-state index < -0.39 is 5.60 Å². The van der Waals surface area contributed by atoms with Gasteiger partial charge in [0.25, 0.3) is 0 Å². The summed E-state index contributed by atoms with van der Waals surface area (Å²) < 4.78 is 0. The zero-order valence-electron chi connectivity index (χ0n) is 11.2. The van der Waals surface area contributed by atoms with Gasteiger partial charge >= 0.3 is 0 Å². The van der Waals surface area contributed by atoms with Crippen LogP contribution in [0.2, 0.25) is 0 Å². The van der Waals surface area contributed by atoms with Crippen molar-refractivity contribution in [3.63, 3.8) is 0 Å². The Labute approximate surface area is 110 Å². The van der Waals surface area contributed by atoms with Gasteiger partial charge in [0, 0.05) is 19.5 Å². The molecule has 2 aliphatic rings. The molecule has 104 valence electrons. The first-order valence-electron chi connectivity index (χ1n) is 7.38. The van der Waals surface area contributed by atoms with Crippen LogP contribution in [0.4, 0.5) is 0 Å². The van der Waals surface area contributed by atoms with Crippen LogP contribution in [-0.4, -0.2) is 36.2 Å². The predicted octanol–water partition coefficient (Wildman–Crippen LogP) is 1.19. The van der Waals surface area contributed by atoms with E-state index in [9.17, 15) is 9.90 Å². The molecule has 1 atom stereocenters. The number of rotatable bonds is 5. The molecule has 0 spiro atoms. The van der Waals surface area contributed by atoms with Crippen LogP contribution in [0.1, 0.15) is 51.4 Å². The summed E-state index contributed by atoms with van der Waals surface area (Å²) in [5.41, 5.74) is -0.722. The first kappa shape index (κ1) is 13.8. The normalized spacial score (nSPS) is 29.4. The molecule has 1 aliphatic heterocycles. The zero-order valence-corrected chi connectivity index (χ0v) is 11.2. The minimum Gasteiger partial charge on any atom is -0.387 e. The van der Waals surface area contributed by atoms with E-state index in [0.717, 1.165) is 25.3 Å². The molecule has 1 saturated carbocycles. The molecule has 3 N–H and O–H groups in total. The Hall–Kier alpha value is -0.610. The number of amides is 1. The first-order valence-corrected chi connectivity index (χ1v) is 7.38. The van der Waals surface area contributed by atoms with E-state index in [1.54, 1.807) is 0 Å². The van der Waals surface area contributed by atoms with Crippen LogP contribution in [-0.2, 0) is 4.79 Å². The quantitative estimate of drug-likeness (QED) is 0.690. The maximum absolute atomic E-state index is 11.7. The molecule has 1 aliphatic carbocycles. The van der Waals surface area contributed by atoms with Gasteiger partial charge in [-0.2, -0.15) is 0 Å². The SMILES string of the molecule is O=C(CCC1CCCCC1)NCC1(O)CCNC1. The Morgan fingerprint density at radius 3 is 2.78 bits per heavy atom. The van der Waals surface area contributed by atoms with E-state index in [0.29, 0.717) is 19.5 Å². The average Bonchev–Trinajstić information content (AvgIpc) is 2.83. The van der Waals surface area contributed by atoms with E-state index in [2.05, 4.69) is 10.6 Å². The van der Waals surface area contributed by atoms with Gasteiger partial charge in [0.2, 0.25) is 5.91 Å². The Morgan fingerprint density at radius 2 is 2.11 bits per heavy atom. The fourth-order valence-electron chi connectivity index (χ4n) is 3.04. The van der Waals surface area contributed by atoms with Crippen LogP contribution in [0.3, 0.4) is 0 Å². The predicted molar refractivity (Wildman–Crippen MR) is 71.3 cm³/mol. The highest BCUT2D eigenvalue weighted by Gasteiger charge is 2.31. The molecule has 1 saturated heterocycles. The van der Waals surface area contributed by atoms with Crippen LogP contribution in [0.25, 0.3) is 0 Å². The van der Waals surface area contributed by atoms with Crippen molar-refractivity contribution in [3.05, 3.63) is 0 Å². The van der Waals surface area contributed by atoms with Crippen LogP contribution in [0.15, 0.2) is 0 Å². The van der Waals surface area contributed by atoms with E-state index in [-0.39, 0.29) is 5.91 Å². The fraction of sp³-hybridized carbons (Fsp3) is 0.929. The number of β-amino-alcohol motifs (C(OH)–C–C–N with tert-alkyl or cyclic N) is 1. The zero-order chi connectivity index (χ0) is 12.8. The molecule has 0 aromatic heterocycles. The van der Waals surface area contributed by atoms with Crippen molar-refractivity contribution < 1.29 is 9.90 Å². The molecule has 18 heavy (non-hydrogen) atoms. The summed E-state index contributed by atoms with van der Waals surface area (Å²) in [4.78, 5) is 11.7. The van der Waals surface area contributed by atoms with Gasteiger partial charge in [-0.1, -0.05) is 32.1 Å². The van der Waals surface area contributed by atoms with Crippen molar-refractivity contribution in [2.24, 2.45) is 5.92 Å². The van der Waals surface area contributed by atoms with Crippen LogP contribution >= 0.6 is 0 Å². The van der Waals surface area contributed by atoms with E-state index in [1.165, 1.54) is 32.1 Å². The second-order valence-electron chi connectivity index (χ2n) is 5.97. The van der Waals surface area contributed by atoms with Crippen molar-refractivity contribution in [3.8, 4) is 0 Å². The lowest BCUT2D eigenvalue weighted by atomic mass is 9.86. The van der Waals surface area contributed by atoms with Gasteiger partial charge in [-0.05, 0) is 25.3 Å². The maximum Gasteiger partial charge on any atom is 0.220 e. The van der Waals surface area contributed by atoms with Crippen molar-refractivity contribution >= 4 is 5.91 Å². The standard InChI is InChI=1S/C14H26N2O2/c17-13(7-6-12-4-2-1-3-5-12)16-11-14(18)8-9-15-10-14/h12,15,18H,1-11H2,(H,16,17). The second-order valence-corrected chi connectivity index (χ2v) is 5.97. The van der Waals surface area contributed by atoms with Gasteiger partial charge in [-0.15, -0.1) is 0 Å². The molecule has 2 fully saturated rings. The lowest BCUT2D eigenvalue weighted by molar-refractivity contribution is -0.122. The van der Waals surface area contributed by atoms with Gasteiger partial charge in [-0.25, -0.2) is 0 Å².